The van der Waals surface area contributed by atoms with Crippen molar-refractivity contribution < 1.29 is 17.6 Å². The summed E-state index contributed by atoms with van der Waals surface area (Å²) in [5.74, 6) is -1.44. The number of halogens is 4. The van der Waals surface area contributed by atoms with E-state index in [0.29, 0.717) is 50.7 Å². The van der Waals surface area contributed by atoms with Crippen LogP contribution in [0.3, 0.4) is 0 Å². The molecule has 0 radical (unpaired) electrons. The molecule has 3 N–H and O–H groups in total. The standard InChI is InChI=1S/C25H31FN6S.C24H29FN6S.C19H17F2N5S/c1-14-8-19(29-32-13-15(2)27-22(14)32)16-9-18(26)21-20(10-16)33-23(28-21)31(7)17-11-24(3,4)30-25(5,6)12-17;1-23(2)11-16(12-24(3,4)29-23)31(6)22-27-19-8-7-18(26-21(19)32-22)14-9-15-13-30(5)28-20(15)17(25)10-14;1-25-10-13-6-11(7-14(20)17(13)24-25)12-8-15(21)18-16(9-12)27-19(23-18)26-4-2-22-3-5-26/h8-10,13,17,30H,11-12H2,1-7H3;7-10,13,16,29H,11-12H2,1-6H3;6-10,22H,2-5H2,1H3. The van der Waals surface area contributed by atoms with Crippen molar-refractivity contribution in [2.45, 2.75) is 129 Å². The molecule has 0 saturated carbocycles. The Hall–Kier alpha value is -7.74. The minimum Gasteiger partial charge on any atom is -0.348 e. The SMILES string of the molecule is CN(c1nc2ccc(-c3cc(F)c4nn(C)cc4c3)nc2s1)C1CC(C)(C)NC(C)(C)C1.Cc1cn2nc(-c3cc(F)c4nc(N(C)C5CC(C)(C)NC(C)(C)C5)sc4c3)cc(C)c2n1.Cn1cc2cc(-c3cc(F)c4nc(N5CCNCC5)sc4c3)cc(F)c2n1. The maximum absolute atomic E-state index is 15.2. The molecule has 11 heterocycles. The second kappa shape index (κ2) is 23.7. The number of thiazole rings is 3. The molecule has 0 unspecified atom stereocenters. The van der Waals surface area contributed by atoms with Crippen LogP contribution in [0.1, 0.15) is 92.3 Å². The van der Waals surface area contributed by atoms with E-state index in [9.17, 15) is 13.2 Å². The number of nitrogens with one attached hydrogen (secondary N) is 3. The quantitative estimate of drug-likeness (QED) is 0.123. The molecular weight excluding hydrogens is 1230 g/mol. The van der Waals surface area contributed by atoms with Crippen LogP contribution in [0.4, 0.5) is 33.0 Å². The molecule has 15 rings (SSSR count). The molecule has 8 aromatic heterocycles. The molecule has 4 aromatic carbocycles. The van der Waals surface area contributed by atoms with Crippen molar-refractivity contribution in [2.24, 2.45) is 14.1 Å². The zero-order valence-electron chi connectivity index (χ0n) is 54.4. The molecule has 0 amide bonds. The topological polar surface area (TPSA) is 163 Å². The second-order valence-corrected chi connectivity index (χ2v) is 30.7. The molecule has 480 valence electrons. The molecule has 17 nitrogen and oxygen atoms in total. The Morgan fingerprint density at radius 3 is 1.59 bits per heavy atom. The largest absolute Gasteiger partial charge is 0.348 e. The molecule has 3 fully saturated rings. The zero-order valence-corrected chi connectivity index (χ0v) is 56.8. The van der Waals surface area contributed by atoms with Crippen LogP contribution in [-0.2, 0) is 14.1 Å². The van der Waals surface area contributed by atoms with E-state index in [1.54, 1.807) is 62.9 Å². The van der Waals surface area contributed by atoms with Crippen LogP contribution in [0.25, 0.3) is 91.9 Å². The first-order chi connectivity index (χ1) is 43.5. The maximum Gasteiger partial charge on any atom is 0.187 e. The number of rotatable bonds is 8. The van der Waals surface area contributed by atoms with E-state index in [4.69, 9.17) is 15.0 Å². The van der Waals surface area contributed by atoms with Crippen LogP contribution in [0.5, 0.6) is 0 Å². The number of nitrogens with zero attached hydrogens (tertiary/aromatic N) is 14. The van der Waals surface area contributed by atoms with Crippen molar-refractivity contribution in [1.82, 2.24) is 70.0 Å². The molecule has 0 bridgehead atoms. The van der Waals surface area contributed by atoms with Crippen LogP contribution in [0.2, 0.25) is 0 Å². The van der Waals surface area contributed by atoms with E-state index in [-0.39, 0.29) is 39.6 Å². The highest BCUT2D eigenvalue weighted by Gasteiger charge is 2.41. The summed E-state index contributed by atoms with van der Waals surface area (Å²) in [6.07, 6.45) is 9.57. The lowest BCUT2D eigenvalue weighted by molar-refractivity contribution is 0.160. The molecule has 92 heavy (non-hydrogen) atoms. The average molecular weight is 1300 g/mol. The van der Waals surface area contributed by atoms with E-state index >= 15 is 4.39 Å². The van der Waals surface area contributed by atoms with Gasteiger partial charge in [0.2, 0.25) is 0 Å². The van der Waals surface area contributed by atoms with Crippen molar-refractivity contribution in [2.75, 3.05) is 55.0 Å². The molecule has 3 saturated heterocycles. The smallest absolute Gasteiger partial charge is 0.187 e. The van der Waals surface area contributed by atoms with Crippen LogP contribution in [-0.4, -0.2) is 129 Å². The monoisotopic (exact) mass is 1300 g/mol. The van der Waals surface area contributed by atoms with Crippen LogP contribution >= 0.6 is 34.0 Å². The van der Waals surface area contributed by atoms with Gasteiger partial charge in [-0.1, -0.05) is 34.0 Å². The lowest BCUT2D eigenvalue weighted by Crippen LogP contribution is -2.61. The number of pyridine rings is 1. The third-order valence-electron chi connectivity index (χ3n) is 17.5. The van der Waals surface area contributed by atoms with Crippen molar-refractivity contribution >= 4 is 108 Å². The molecule has 24 heteroatoms. The van der Waals surface area contributed by atoms with Gasteiger partial charge in [-0.2, -0.15) is 15.3 Å². The summed E-state index contributed by atoms with van der Waals surface area (Å²) in [7, 11) is 7.76. The number of imidazole rings is 1. The van der Waals surface area contributed by atoms with Gasteiger partial charge >= 0.3 is 0 Å². The lowest BCUT2D eigenvalue weighted by atomic mass is 9.79. The second-order valence-electron chi connectivity index (χ2n) is 27.7. The molecule has 3 aliphatic rings. The Bertz CT molecular complexity index is 4760. The van der Waals surface area contributed by atoms with Crippen molar-refractivity contribution in [1.29, 1.82) is 0 Å². The minimum atomic E-state index is -0.408. The van der Waals surface area contributed by atoms with Gasteiger partial charge in [-0.25, -0.2) is 47.0 Å². The predicted molar refractivity (Wildman–Crippen MR) is 368 cm³/mol. The number of piperidine rings is 2. The van der Waals surface area contributed by atoms with Gasteiger partial charge in [-0.15, -0.1) is 0 Å². The summed E-state index contributed by atoms with van der Waals surface area (Å²) in [4.78, 5) is 31.0. The van der Waals surface area contributed by atoms with E-state index in [1.807, 2.05) is 68.7 Å². The fourth-order valence-corrected chi connectivity index (χ4v) is 17.1. The zero-order chi connectivity index (χ0) is 65.1. The first-order valence-corrected chi connectivity index (χ1v) is 33.5. The third-order valence-corrected chi connectivity index (χ3v) is 20.8. The number of aryl methyl sites for hydroxylation is 4. The van der Waals surface area contributed by atoms with Gasteiger partial charge in [0, 0.05) is 123 Å². The summed E-state index contributed by atoms with van der Waals surface area (Å²) in [6, 6.07) is 20.1. The first-order valence-electron chi connectivity index (χ1n) is 31.1. The summed E-state index contributed by atoms with van der Waals surface area (Å²) in [5.41, 5.74) is 9.54. The maximum atomic E-state index is 15.2. The van der Waals surface area contributed by atoms with Gasteiger partial charge in [-0.05, 0) is 178 Å². The van der Waals surface area contributed by atoms with E-state index < -0.39 is 5.82 Å². The minimum absolute atomic E-state index is 0.0314. The van der Waals surface area contributed by atoms with Gasteiger partial charge in [-0.3, -0.25) is 9.36 Å². The highest BCUT2D eigenvalue weighted by molar-refractivity contribution is 7.22. The fourth-order valence-electron chi connectivity index (χ4n) is 14.0. The molecule has 0 aliphatic carbocycles. The highest BCUT2D eigenvalue weighted by atomic mass is 32.1. The Morgan fingerprint density at radius 1 is 0.511 bits per heavy atom. The molecule has 12 aromatic rings. The number of aromatic nitrogens is 11. The molecule has 3 aliphatic heterocycles. The molecule has 0 spiro atoms. The number of hydrogen-bond donors (Lipinski definition) is 3. The molecule has 0 atom stereocenters. The van der Waals surface area contributed by atoms with Crippen LogP contribution in [0, 0.1) is 37.1 Å². The van der Waals surface area contributed by atoms with E-state index in [1.165, 1.54) is 29.5 Å². The highest BCUT2D eigenvalue weighted by Crippen LogP contribution is 2.41. The Kier molecular flexibility index (Phi) is 16.2. The number of piperazine rings is 1. The normalized spacial score (nSPS) is 17.4. The average Bonchev–Trinajstić information content (AvgIpc) is 1.55. The van der Waals surface area contributed by atoms with Crippen molar-refractivity contribution in [3.8, 4) is 33.6 Å². The predicted octanol–water partition coefficient (Wildman–Crippen LogP) is 14.2. The van der Waals surface area contributed by atoms with Crippen molar-refractivity contribution in [3.63, 3.8) is 0 Å². The number of hydrogen-bond acceptors (Lipinski definition) is 17. The fraction of sp³-hybridized carbons (Fsp3) is 0.412. The van der Waals surface area contributed by atoms with Gasteiger partial charge < -0.3 is 30.7 Å². The van der Waals surface area contributed by atoms with Crippen LogP contribution in [0.15, 0.2) is 85.3 Å². The summed E-state index contributed by atoms with van der Waals surface area (Å²) >= 11 is 4.61. The Balaban J connectivity index is 0.000000127. The number of anilines is 3. The summed E-state index contributed by atoms with van der Waals surface area (Å²) < 4.78 is 65.5. The Labute approximate surface area is 543 Å². The lowest BCUT2D eigenvalue weighted by Gasteiger charge is -2.49. The van der Waals surface area contributed by atoms with E-state index in [2.05, 4.69) is 125 Å². The van der Waals surface area contributed by atoms with Crippen LogP contribution < -0.4 is 30.7 Å². The van der Waals surface area contributed by atoms with Gasteiger partial charge in [0.05, 0.1) is 32.7 Å². The van der Waals surface area contributed by atoms with Gasteiger partial charge in [0.1, 0.15) is 32.4 Å². The summed E-state index contributed by atoms with van der Waals surface area (Å²) in [6.45, 7) is 25.5. The first kappa shape index (κ1) is 63.0. The Morgan fingerprint density at radius 2 is 1.00 bits per heavy atom. The summed E-state index contributed by atoms with van der Waals surface area (Å²) in [5, 5.41) is 27.9. The van der Waals surface area contributed by atoms with E-state index in [0.717, 1.165) is 132 Å². The number of fused-ring (bicyclic) bond motifs is 6. The van der Waals surface area contributed by atoms with Gasteiger partial charge in [0.25, 0.3) is 0 Å². The van der Waals surface area contributed by atoms with Gasteiger partial charge in [0.15, 0.2) is 44.3 Å². The van der Waals surface area contributed by atoms with Crippen molar-refractivity contribution in [3.05, 3.63) is 120 Å². The third kappa shape index (κ3) is 12.9. The number of benzene rings is 4. The molecular formula is C68H77F4N17S3.